The molecule has 0 aromatic heterocycles. The Balaban J connectivity index is 1.98. The van der Waals surface area contributed by atoms with E-state index in [2.05, 4.69) is 21.2 Å². The molecule has 7 heteroatoms. The van der Waals surface area contributed by atoms with Crippen molar-refractivity contribution in [3.63, 3.8) is 0 Å². The number of anilines is 1. The molecule has 2 atom stereocenters. The van der Waals surface area contributed by atoms with Crippen LogP contribution in [0.4, 0.5) is 5.69 Å². The maximum atomic E-state index is 12.1. The molecule has 1 fully saturated rings. The smallest absolute Gasteiger partial charge is 0.323 e. The van der Waals surface area contributed by atoms with Crippen LogP contribution in [0.25, 0.3) is 0 Å². The van der Waals surface area contributed by atoms with Crippen molar-refractivity contribution in [1.29, 1.82) is 0 Å². The topological polar surface area (TPSA) is 78.9 Å². The summed E-state index contributed by atoms with van der Waals surface area (Å²) >= 11 is 3.35. The number of hydrogen-bond donors (Lipinski definition) is 2. The number of carbonyl (C=O) groups excluding carboxylic acids is 2. The van der Waals surface area contributed by atoms with Crippen LogP contribution in [-0.4, -0.2) is 54.2 Å². The minimum Gasteiger partial charge on any atom is -0.468 e. The molecule has 6 nitrogen and oxygen atoms in total. The van der Waals surface area contributed by atoms with Gasteiger partial charge in [0.1, 0.15) is 6.04 Å². The molecule has 1 aromatic rings. The molecule has 0 bridgehead atoms. The highest BCUT2D eigenvalue weighted by Gasteiger charge is 2.37. The third-order valence-corrected chi connectivity index (χ3v) is 4.04. The first-order valence-corrected chi connectivity index (χ1v) is 7.35. The molecule has 0 spiro atoms. The van der Waals surface area contributed by atoms with Crippen LogP contribution in [0.2, 0.25) is 0 Å². The van der Waals surface area contributed by atoms with Gasteiger partial charge < -0.3 is 15.2 Å². The van der Waals surface area contributed by atoms with Crippen LogP contribution < -0.4 is 5.32 Å². The van der Waals surface area contributed by atoms with Crippen LogP contribution in [0.15, 0.2) is 28.7 Å². The van der Waals surface area contributed by atoms with Gasteiger partial charge in [0.05, 0.1) is 25.4 Å². The summed E-state index contributed by atoms with van der Waals surface area (Å²) in [7, 11) is 1.30. The van der Waals surface area contributed by atoms with Gasteiger partial charge in [-0.05, 0) is 28.1 Å². The lowest BCUT2D eigenvalue weighted by atomic mass is 10.2. The lowest BCUT2D eigenvalue weighted by Gasteiger charge is -2.21. The number of benzene rings is 1. The van der Waals surface area contributed by atoms with Gasteiger partial charge in [-0.15, -0.1) is 0 Å². The molecule has 1 aliphatic heterocycles. The van der Waals surface area contributed by atoms with Gasteiger partial charge >= 0.3 is 5.97 Å². The lowest BCUT2D eigenvalue weighted by Crippen LogP contribution is -2.41. The number of methoxy groups -OCH3 is 1. The van der Waals surface area contributed by atoms with E-state index < -0.39 is 18.1 Å². The molecule has 114 valence electrons. The van der Waals surface area contributed by atoms with E-state index in [9.17, 15) is 14.7 Å². The number of amides is 1. The van der Waals surface area contributed by atoms with Gasteiger partial charge in [0, 0.05) is 17.4 Å². The first-order valence-electron chi connectivity index (χ1n) is 6.55. The number of aliphatic hydroxyl groups is 1. The van der Waals surface area contributed by atoms with E-state index in [1.54, 1.807) is 11.0 Å². The molecule has 0 radical (unpaired) electrons. The van der Waals surface area contributed by atoms with Gasteiger partial charge in [0.15, 0.2) is 0 Å². The predicted molar refractivity (Wildman–Crippen MR) is 80.8 cm³/mol. The van der Waals surface area contributed by atoms with Crippen molar-refractivity contribution in [1.82, 2.24) is 4.90 Å². The largest absolute Gasteiger partial charge is 0.468 e. The molecule has 0 saturated carbocycles. The Morgan fingerprint density at radius 3 is 2.86 bits per heavy atom. The molecule has 1 heterocycles. The SMILES string of the molecule is COC(=O)C1CC(O)CN1CC(=O)Nc1ccccc1Br. The summed E-state index contributed by atoms with van der Waals surface area (Å²) in [4.78, 5) is 25.4. The predicted octanol–water partition coefficient (Wildman–Crippen LogP) is 0.996. The maximum absolute atomic E-state index is 12.1. The number of carbonyl (C=O) groups is 2. The van der Waals surface area contributed by atoms with Crippen LogP contribution in [0, 0.1) is 0 Å². The van der Waals surface area contributed by atoms with E-state index in [-0.39, 0.29) is 25.4 Å². The highest BCUT2D eigenvalue weighted by molar-refractivity contribution is 9.10. The minimum absolute atomic E-state index is 0.0260. The van der Waals surface area contributed by atoms with Crippen molar-refractivity contribution in [2.75, 3.05) is 25.5 Å². The van der Waals surface area contributed by atoms with Crippen LogP contribution in [0.1, 0.15) is 6.42 Å². The van der Waals surface area contributed by atoms with Gasteiger partial charge in [0.2, 0.25) is 5.91 Å². The van der Waals surface area contributed by atoms with E-state index in [1.165, 1.54) is 7.11 Å². The van der Waals surface area contributed by atoms with E-state index in [1.807, 2.05) is 18.2 Å². The maximum Gasteiger partial charge on any atom is 0.323 e. The number of likely N-dealkylation sites (tertiary alicyclic amines) is 1. The van der Waals surface area contributed by atoms with Crippen molar-refractivity contribution in [3.05, 3.63) is 28.7 Å². The number of hydrogen-bond acceptors (Lipinski definition) is 5. The second-order valence-corrected chi connectivity index (χ2v) is 5.74. The lowest BCUT2D eigenvalue weighted by molar-refractivity contribution is -0.146. The summed E-state index contributed by atoms with van der Waals surface area (Å²) < 4.78 is 5.48. The Morgan fingerprint density at radius 2 is 2.19 bits per heavy atom. The van der Waals surface area contributed by atoms with Crippen molar-refractivity contribution < 1.29 is 19.4 Å². The number of nitrogens with zero attached hydrogens (tertiary/aromatic N) is 1. The average Bonchev–Trinajstić information content (AvgIpc) is 2.81. The van der Waals surface area contributed by atoms with E-state index >= 15 is 0 Å². The summed E-state index contributed by atoms with van der Waals surface area (Å²) in [5.41, 5.74) is 0.664. The summed E-state index contributed by atoms with van der Waals surface area (Å²) in [5, 5.41) is 12.4. The zero-order chi connectivity index (χ0) is 15.4. The summed E-state index contributed by atoms with van der Waals surface area (Å²) in [6.45, 7) is 0.307. The van der Waals surface area contributed by atoms with Crippen molar-refractivity contribution in [2.24, 2.45) is 0 Å². The monoisotopic (exact) mass is 356 g/mol. The van der Waals surface area contributed by atoms with Crippen LogP contribution in [0.5, 0.6) is 0 Å². The summed E-state index contributed by atoms with van der Waals surface area (Å²) in [5.74, 6) is -0.676. The molecule has 1 aromatic carbocycles. The molecular formula is C14H17BrN2O4. The van der Waals surface area contributed by atoms with E-state index in [0.29, 0.717) is 5.69 Å². The normalized spacial score (nSPS) is 22.0. The van der Waals surface area contributed by atoms with Gasteiger partial charge in [-0.2, -0.15) is 0 Å². The average molecular weight is 357 g/mol. The molecule has 2 rings (SSSR count). The van der Waals surface area contributed by atoms with E-state index in [4.69, 9.17) is 4.74 Å². The Labute approximate surface area is 131 Å². The number of rotatable bonds is 4. The molecular weight excluding hydrogens is 340 g/mol. The Hall–Kier alpha value is -1.44. The number of aliphatic hydroxyl groups excluding tert-OH is 1. The minimum atomic E-state index is -0.620. The number of esters is 1. The number of para-hydroxylation sites is 1. The van der Waals surface area contributed by atoms with Crippen molar-refractivity contribution in [2.45, 2.75) is 18.6 Å². The summed E-state index contributed by atoms with van der Waals surface area (Å²) in [6.07, 6.45) is -0.333. The van der Waals surface area contributed by atoms with Crippen molar-refractivity contribution in [3.8, 4) is 0 Å². The fourth-order valence-corrected chi connectivity index (χ4v) is 2.76. The highest BCUT2D eigenvalue weighted by Crippen LogP contribution is 2.22. The Bertz CT molecular complexity index is 537. The van der Waals surface area contributed by atoms with Crippen LogP contribution in [-0.2, 0) is 14.3 Å². The molecule has 21 heavy (non-hydrogen) atoms. The van der Waals surface area contributed by atoms with Gasteiger partial charge in [0.25, 0.3) is 0 Å². The molecule has 1 amide bonds. The number of nitrogens with one attached hydrogen (secondary N) is 1. The van der Waals surface area contributed by atoms with Crippen LogP contribution >= 0.6 is 15.9 Å². The zero-order valence-electron chi connectivity index (χ0n) is 11.6. The molecule has 2 N–H and O–H groups in total. The first kappa shape index (κ1) is 15.9. The molecule has 0 aliphatic carbocycles. The van der Waals surface area contributed by atoms with Gasteiger partial charge in [-0.1, -0.05) is 12.1 Å². The van der Waals surface area contributed by atoms with Gasteiger partial charge in [-0.25, -0.2) is 0 Å². The Kier molecular flexibility index (Phi) is 5.33. The first-order chi connectivity index (χ1) is 10.0. The number of halogens is 1. The third-order valence-electron chi connectivity index (χ3n) is 3.35. The second-order valence-electron chi connectivity index (χ2n) is 4.89. The quantitative estimate of drug-likeness (QED) is 0.786. The second kappa shape index (κ2) is 7.02. The standard InChI is InChI=1S/C14H17BrN2O4/c1-21-14(20)12-6-9(18)7-17(12)8-13(19)16-11-5-3-2-4-10(11)15/h2-5,9,12,18H,6-8H2,1H3,(H,16,19). The molecule has 2 unspecified atom stereocenters. The molecule has 1 saturated heterocycles. The number of ether oxygens (including phenoxy) is 1. The Morgan fingerprint density at radius 1 is 1.48 bits per heavy atom. The number of β-amino-alcohol motifs (C(OH)–C–C–N with tert-alkyl or cyclic N) is 1. The highest BCUT2D eigenvalue weighted by atomic mass is 79.9. The van der Waals surface area contributed by atoms with Crippen LogP contribution in [0.3, 0.4) is 0 Å². The summed E-state index contributed by atoms with van der Waals surface area (Å²) in [6, 6.07) is 6.70. The molecule has 1 aliphatic rings. The fraction of sp³-hybridized carbons (Fsp3) is 0.429. The van der Waals surface area contributed by atoms with Gasteiger partial charge in [-0.3, -0.25) is 14.5 Å². The zero-order valence-corrected chi connectivity index (χ0v) is 13.2. The van der Waals surface area contributed by atoms with E-state index in [0.717, 1.165) is 4.47 Å². The van der Waals surface area contributed by atoms with Crippen molar-refractivity contribution >= 4 is 33.5 Å². The third kappa shape index (κ3) is 4.03. The fourth-order valence-electron chi connectivity index (χ4n) is 2.37.